The van der Waals surface area contributed by atoms with E-state index in [4.69, 9.17) is 23.7 Å². The first-order valence-electron chi connectivity index (χ1n) is 22.4. The summed E-state index contributed by atoms with van der Waals surface area (Å²) in [6.45, 7) is 20.1. The van der Waals surface area contributed by atoms with Crippen LogP contribution in [0.2, 0.25) is 0 Å². The molecule has 0 aromatic carbocycles. The summed E-state index contributed by atoms with van der Waals surface area (Å²) in [5.41, 5.74) is -1.47. The Labute approximate surface area is 336 Å². The maximum absolute atomic E-state index is 14.6. The number of carboxylic acid groups (broad SMARTS) is 1. The number of ketones is 1. The Bertz CT molecular complexity index is 1420. The lowest BCUT2D eigenvalue weighted by molar-refractivity contribution is -0.398. The molecular weight excluding hydrogens is 714 g/mol. The highest BCUT2D eigenvalue weighted by Gasteiger charge is 2.63. The van der Waals surface area contributed by atoms with Crippen molar-refractivity contribution in [1.29, 1.82) is 0 Å². The van der Waals surface area contributed by atoms with Crippen molar-refractivity contribution < 1.29 is 48.6 Å². The predicted molar refractivity (Wildman–Crippen MR) is 213 cm³/mol. The Kier molecular flexibility index (Phi) is 13.3. The largest absolute Gasteiger partial charge is 0.481 e. The van der Waals surface area contributed by atoms with Crippen LogP contribution in [-0.4, -0.2) is 98.6 Å². The van der Waals surface area contributed by atoms with E-state index in [1.165, 1.54) is 0 Å². The van der Waals surface area contributed by atoms with E-state index in [1.54, 1.807) is 0 Å². The second kappa shape index (κ2) is 16.9. The van der Waals surface area contributed by atoms with Crippen LogP contribution in [-0.2, 0) is 33.3 Å². The van der Waals surface area contributed by atoms with Crippen molar-refractivity contribution in [2.24, 2.45) is 41.4 Å². The molecule has 6 rings (SSSR count). The van der Waals surface area contributed by atoms with Crippen LogP contribution in [0, 0.1) is 41.4 Å². The number of ether oxygens (including phenoxy) is 5. The lowest BCUT2D eigenvalue weighted by Crippen LogP contribution is -2.65. The van der Waals surface area contributed by atoms with Crippen LogP contribution in [0.5, 0.6) is 0 Å². The minimum absolute atomic E-state index is 0.0176. The van der Waals surface area contributed by atoms with Crippen molar-refractivity contribution in [3.8, 4) is 0 Å². The van der Waals surface area contributed by atoms with E-state index < -0.39 is 64.8 Å². The summed E-state index contributed by atoms with van der Waals surface area (Å²) < 4.78 is 34.7. The van der Waals surface area contributed by atoms with Crippen LogP contribution in [0.1, 0.15) is 146 Å². The summed E-state index contributed by atoms with van der Waals surface area (Å²) in [6.07, 6.45) is 10.5. The number of Topliss-reactive ketones (excluding diaryl/α,β-unsaturated/α-hetero) is 1. The second-order valence-electron chi connectivity index (χ2n) is 19.4. The topological polar surface area (TPSA) is 153 Å². The highest BCUT2D eigenvalue weighted by atomic mass is 16.8. The van der Waals surface area contributed by atoms with Crippen molar-refractivity contribution in [2.75, 3.05) is 0 Å². The van der Waals surface area contributed by atoms with Crippen LogP contribution < -0.4 is 5.32 Å². The van der Waals surface area contributed by atoms with Gasteiger partial charge in [0.25, 0.3) is 0 Å². The van der Waals surface area contributed by atoms with Gasteiger partial charge in [-0.3, -0.25) is 9.59 Å². The number of carbonyl (C=O) groups is 2. The molecule has 0 unspecified atom stereocenters. The highest BCUT2D eigenvalue weighted by Crippen LogP contribution is 2.54. The molecule has 5 heterocycles. The summed E-state index contributed by atoms with van der Waals surface area (Å²) in [6, 6.07) is 0.227. The number of rotatable bonds is 14. The molecule has 56 heavy (non-hydrogen) atoms. The van der Waals surface area contributed by atoms with Gasteiger partial charge in [0.1, 0.15) is 5.78 Å². The molecule has 4 N–H and O–H groups in total. The summed E-state index contributed by atoms with van der Waals surface area (Å²) in [4.78, 5) is 26.6. The second-order valence-corrected chi connectivity index (χ2v) is 19.4. The van der Waals surface area contributed by atoms with Gasteiger partial charge >= 0.3 is 5.97 Å². The molecule has 6 aliphatic rings. The fraction of sp³-hybridized carbons (Fsp3) is 0.911. The first-order valence-corrected chi connectivity index (χ1v) is 22.4. The van der Waals surface area contributed by atoms with Gasteiger partial charge in [-0.2, -0.15) is 0 Å². The molecule has 11 nitrogen and oxygen atoms in total. The molecule has 0 radical (unpaired) electrons. The number of hydrogen-bond donors (Lipinski definition) is 4. The van der Waals surface area contributed by atoms with Crippen molar-refractivity contribution >= 4 is 11.8 Å². The van der Waals surface area contributed by atoms with E-state index in [0.29, 0.717) is 51.0 Å². The molecule has 1 saturated carbocycles. The van der Waals surface area contributed by atoms with Gasteiger partial charge in [-0.05, 0) is 102 Å². The van der Waals surface area contributed by atoms with Gasteiger partial charge in [-0.25, -0.2) is 0 Å². The van der Waals surface area contributed by atoms with Gasteiger partial charge in [0, 0.05) is 36.1 Å². The van der Waals surface area contributed by atoms with E-state index in [9.17, 15) is 24.9 Å². The first-order chi connectivity index (χ1) is 26.4. The Hall–Kier alpha value is -1.44. The number of aliphatic hydroxyl groups excluding tert-OH is 1. The average Bonchev–Trinajstić information content (AvgIpc) is 3.93. The number of hydrogen-bond acceptors (Lipinski definition) is 10. The normalized spacial score (nSPS) is 45.7. The zero-order valence-electron chi connectivity index (χ0n) is 36.0. The number of aliphatic hydroxyl groups is 2. The molecule has 1 aliphatic carbocycles. The van der Waals surface area contributed by atoms with E-state index in [0.717, 1.165) is 32.1 Å². The van der Waals surface area contributed by atoms with Gasteiger partial charge in [0.15, 0.2) is 11.6 Å². The number of aliphatic carboxylic acids is 1. The monoisotopic (exact) mass is 790 g/mol. The lowest BCUT2D eigenvalue weighted by Gasteiger charge is -2.55. The molecule has 320 valence electrons. The molecule has 2 spiro atoms. The summed E-state index contributed by atoms with van der Waals surface area (Å²) >= 11 is 0. The van der Waals surface area contributed by atoms with Crippen LogP contribution in [0.25, 0.3) is 0 Å². The number of carboxylic acids is 1. The van der Waals surface area contributed by atoms with Gasteiger partial charge in [0.2, 0.25) is 0 Å². The highest BCUT2D eigenvalue weighted by molar-refractivity contribution is 5.84. The molecule has 11 heteroatoms. The number of nitrogens with one attached hydrogen (secondary N) is 1. The van der Waals surface area contributed by atoms with Gasteiger partial charge < -0.3 is 44.3 Å². The molecule has 4 saturated heterocycles. The molecule has 0 aromatic heterocycles. The fourth-order valence-corrected chi connectivity index (χ4v) is 11.2. The third kappa shape index (κ3) is 8.32. The maximum atomic E-state index is 14.6. The summed E-state index contributed by atoms with van der Waals surface area (Å²) in [5, 5.41) is 36.6. The standard InChI is InChI=1S/C45H75NO10/c1-11-32(41(49)50)34-17-14-25(4)39(53-34)29(8)37(47)28(7)38(48)33(12-2)40-26(5)24-27(6)44(54-40)21-18-35(46-31-15-16-31)45(56-44)23-22-42(10,55-45)36-19-20-43(51,13-3)30(9)52-36/h18,21,25-37,39-40,46-47,51H,11-17,19-20,22-24H2,1-10H3,(H,49,50)/t25-,26-,27+,28-,29-,30-,32+,33-,34+,35+,36+,37+,39+,40-,42-,43+,44-,45-/m0/s1. The van der Waals surface area contributed by atoms with Crippen molar-refractivity contribution in [3.05, 3.63) is 12.2 Å². The Balaban J connectivity index is 1.20. The van der Waals surface area contributed by atoms with Crippen molar-refractivity contribution in [3.63, 3.8) is 0 Å². The minimum Gasteiger partial charge on any atom is -0.481 e. The molecule has 0 bridgehead atoms. The first kappa shape index (κ1) is 44.1. The Morgan fingerprint density at radius 1 is 0.875 bits per heavy atom. The SMILES string of the molecule is CC[C@@H](C(=O)[C@@H](C)[C@@H](O)[C@H](C)[C@@H]1O[C@@H]([C@@H](CC)C(=O)O)CC[C@@H]1C)[C@H]1O[C@]2(C=C[C@@H](NC3CC3)[C@]3(CC[C@@](C)([C@H]4CC[C@](O)(CC)[C@H](C)O4)O3)O2)[C@H](C)C[C@@H]1C. The van der Waals surface area contributed by atoms with Crippen LogP contribution >= 0.6 is 0 Å². The lowest BCUT2D eigenvalue weighted by atomic mass is 9.72. The smallest absolute Gasteiger partial charge is 0.309 e. The zero-order valence-corrected chi connectivity index (χ0v) is 36.0. The minimum atomic E-state index is -1.11. The Morgan fingerprint density at radius 2 is 1.57 bits per heavy atom. The molecule has 0 amide bonds. The van der Waals surface area contributed by atoms with E-state index >= 15 is 0 Å². The van der Waals surface area contributed by atoms with E-state index in [1.807, 2.05) is 41.5 Å². The van der Waals surface area contributed by atoms with Crippen molar-refractivity contribution in [2.45, 2.75) is 218 Å². The van der Waals surface area contributed by atoms with Gasteiger partial charge in [-0.15, -0.1) is 0 Å². The van der Waals surface area contributed by atoms with E-state index in [-0.39, 0.29) is 53.8 Å². The molecular formula is C45H75NO10. The maximum Gasteiger partial charge on any atom is 0.309 e. The molecule has 5 aliphatic heterocycles. The van der Waals surface area contributed by atoms with Crippen LogP contribution in [0.3, 0.4) is 0 Å². The zero-order chi connectivity index (χ0) is 41.0. The van der Waals surface area contributed by atoms with E-state index in [2.05, 4.69) is 45.2 Å². The van der Waals surface area contributed by atoms with Gasteiger partial charge in [-0.1, -0.05) is 61.5 Å². The quantitative estimate of drug-likeness (QED) is 0.135. The van der Waals surface area contributed by atoms with Crippen LogP contribution in [0.4, 0.5) is 0 Å². The summed E-state index contributed by atoms with van der Waals surface area (Å²) in [7, 11) is 0. The fourth-order valence-electron chi connectivity index (χ4n) is 11.2. The molecule has 18 atom stereocenters. The average molecular weight is 790 g/mol. The predicted octanol–water partition coefficient (Wildman–Crippen LogP) is 6.95. The number of carbonyl (C=O) groups excluding carboxylic acids is 1. The third-order valence-electron chi connectivity index (χ3n) is 15.5. The van der Waals surface area contributed by atoms with Crippen LogP contribution in [0.15, 0.2) is 12.2 Å². The molecule has 0 aromatic rings. The van der Waals surface area contributed by atoms with Crippen molar-refractivity contribution in [1.82, 2.24) is 5.32 Å². The van der Waals surface area contributed by atoms with Gasteiger partial charge in [0.05, 0.1) is 59.8 Å². The Morgan fingerprint density at radius 3 is 2.18 bits per heavy atom. The summed E-state index contributed by atoms with van der Waals surface area (Å²) in [5.74, 6) is -4.95. The molecule has 5 fully saturated rings. The third-order valence-corrected chi connectivity index (χ3v) is 15.5.